The fourth-order valence-corrected chi connectivity index (χ4v) is 7.77. The Morgan fingerprint density at radius 1 is 0.619 bits per heavy atom. The zero-order chi connectivity index (χ0) is 75.6. The first-order chi connectivity index (χ1) is 44.2. The van der Waals surface area contributed by atoms with E-state index >= 15 is 0 Å². The average molecular weight is 2060 g/mol. The van der Waals surface area contributed by atoms with Crippen molar-refractivity contribution < 1.29 is 37.3 Å². The van der Waals surface area contributed by atoms with Crippen molar-refractivity contribution in [3.63, 3.8) is 0 Å². The standard InChI is InChI=1S/C7H6BrClN2O.C7H9ClN2O2S.C6H5BrClN.3C5H4BrClN2.C5H3BrClNO.C5H5ClN2.C2H5Br.C2H3ClO.CH3ClO2S.CH3F.2CH4.BHNS/c1-4(12)11-5-2-6(8)7(9)10-3-5;1-5-3-6(4-9-7(5)8)10-13(2,11)12;1-4-2-5(7)6(8)9-3-4;2*6-4-1-3(8)2-9-5(4)7;6-3-1-2-4(8)9-5(3)7;6-4-1-3(9)2-8-5(4)7;6-4-2-1-3-5(7)8-4;1-2-3;1-2(3)4;1-5(2,3)4;1-2;;;1-2-3/h2-3H,1H3,(H,11,12);3-4,10H,1-2H3;2-3H,1H3;2*1-2H,8H2;1-2H,(H2,8,9);1-2,9H;1-3H,(H2,7,8);2H2,1H3;1H3;1H3;1H3;2*1H4;3H/i;;;;;;;;;;;1D;;;. The number of halogens is 18. The first-order valence-electron chi connectivity index (χ1n) is 24.5. The predicted molar refractivity (Wildman–Crippen MR) is 436 cm³/mol. The molecule has 11 N–H and O–H groups in total. The number of carbonyl (C=O) groups is 2. The summed E-state index contributed by atoms with van der Waals surface area (Å²) in [6.45, 7) is 8.49. The van der Waals surface area contributed by atoms with E-state index in [2.05, 4.69) is 208 Å². The third kappa shape index (κ3) is 67.7. The number of hydrogen-bond donors (Lipinski definition) is 8. The summed E-state index contributed by atoms with van der Waals surface area (Å²) in [7, 11) is 1.40. The summed E-state index contributed by atoms with van der Waals surface area (Å²) in [5.74, 6) is 0.859. The van der Waals surface area contributed by atoms with Gasteiger partial charge >= 0.3 is 24.8 Å². The van der Waals surface area contributed by atoms with Gasteiger partial charge in [-0.05, 0) is 193 Å². The van der Waals surface area contributed by atoms with Crippen molar-refractivity contribution in [2.45, 2.75) is 49.5 Å². The number of alkyl halides is 2. The van der Waals surface area contributed by atoms with Gasteiger partial charge in [-0.3, -0.25) is 18.7 Å². The summed E-state index contributed by atoms with van der Waals surface area (Å²) in [6, 6.07) is 18.7. The molecule has 0 fully saturated rings. The SMILES string of the molecule is C.C.CC(=O)Cl.CC(=O)Nc1cnc(Cl)c(Br)c1.CCBr.CS(=O)(=O)Cl.Cc1cc(NS(C)(=O)=O)cnc1Cl.Cc1cnc(Cl)c(Br)c1.Nc1ccc(Br)c(Cl)n1.Nc1cccc(Cl)n1.Nc1cnc(Cl)c(Br)c1.Nc1cnc(Cl)c(Br)c1.Oc1cnc(Cl)c(Br)c1.[2H]CF.[B]=NS. The zero-order valence-electron chi connectivity index (χ0n) is 50.6. The number of anilines is 6. The molecule has 8 aromatic rings. The number of nitrogens with two attached hydrogens (primary N) is 4. The summed E-state index contributed by atoms with van der Waals surface area (Å²) in [5, 5.41) is 15.4. The van der Waals surface area contributed by atoms with Crippen molar-refractivity contribution in [1.82, 2.24) is 39.9 Å². The molecule has 1 radical (unpaired) electrons. The Hall–Kier alpha value is -2.56. The van der Waals surface area contributed by atoms with Crippen LogP contribution in [0.2, 0.25) is 41.2 Å². The van der Waals surface area contributed by atoms with Gasteiger partial charge in [0.1, 0.15) is 58.6 Å². The van der Waals surface area contributed by atoms with E-state index in [4.69, 9.17) is 122 Å². The van der Waals surface area contributed by atoms with Crippen molar-refractivity contribution >= 4 is 312 Å². The van der Waals surface area contributed by atoms with E-state index in [1.54, 1.807) is 67.7 Å². The van der Waals surface area contributed by atoms with Crippen LogP contribution in [-0.4, -0.2) is 106 Å². The molecule has 8 aromatic heterocycles. The molecule has 8 heterocycles. The van der Waals surface area contributed by atoms with Crippen LogP contribution in [-0.2, 0) is 28.7 Å². The monoisotopic (exact) mass is 2050 g/mol. The van der Waals surface area contributed by atoms with E-state index in [0.717, 1.165) is 46.9 Å². The number of pyridine rings is 8. The first kappa shape index (κ1) is 105. The van der Waals surface area contributed by atoms with Gasteiger partial charge in [-0.25, -0.2) is 56.7 Å². The van der Waals surface area contributed by atoms with E-state index in [1.807, 2.05) is 19.9 Å². The Labute approximate surface area is 681 Å². The second-order valence-electron chi connectivity index (χ2n) is 15.6. The van der Waals surface area contributed by atoms with Gasteiger partial charge in [-0.2, -0.15) is 0 Å². The molecule has 1 amide bonds. The van der Waals surface area contributed by atoms with Crippen LogP contribution in [0.25, 0.3) is 0 Å². The number of thiol groups is 1. The van der Waals surface area contributed by atoms with Crippen LogP contribution >= 0.6 is 239 Å². The van der Waals surface area contributed by atoms with Crippen LogP contribution in [0.3, 0.4) is 0 Å². The van der Waals surface area contributed by atoms with Crippen LogP contribution in [0.5, 0.6) is 5.75 Å². The molecule has 22 nitrogen and oxygen atoms in total. The third-order valence-electron chi connectivity index (χ3n) is 7.35. The third-order valence-corrected chi connectivity index (χ3v) is 15.4. The molecule has 0 saturated heterocycles. The number of hydrogen-bond acceptors (Lipinski definition) is 21. The van der Waals surface area contributed by atoms with E-state index < -0.39 is 26.2 Å². The Balaban J connectivity index is -0.000000187. The van der Waals surface area contributed by atoms with Crippen molar-refractivity contribution in [3.05, 3.63) is 183 Å². The van der Waals surface area contributed by atoms with Gasteiger partial charge in [0.05, 0.1) is 102 Å². The van der Waals surface area contributed by atoms with Crippen LogP contribution in [0.1, 0.15) is 48.1 Å². The molecule has 97 heavy (non-hydrogen) atoms. The van der Waals surface area contributed by atoms with E-state index in [9.17, 15) is 30.8 Å². The number of nitrogens with zero attached hydrogens (tertiary/aromatic N) is 9. The predicted octanol–water partition coefficient (Wildman–Crippen LogP) is 20.8. The molecule has 0 saturated carbocycles. The Morgan fingerprint density at radius 2 is 0.969 bits per heavy atom. The molecule has 8 rings (SSSR count). The minimum absolute atomic E-state index is 0. The molecule has 0 bridgehead atoms. The fourth-order valence-electron chi connectivity index (χ4n) is 4.18. The van der Waals surface area contributed by atoms with Crippen molar-refractivity contribution in [2.75, 3.05) is 58.0 Å². The molecule has 0 unspecified atom stereocenters. The van der Waals surface area contributed by atoms with Crippen LogP contribution in [0, 0.1) is 13.8 Å². The topological polar surface area (TPSA) is 366 Å². The number of sulfonamides is 1. The minimum atomic E-state index is -3.24. The van der Waals surface area contributed by atoms with Gasteiger partial charge in [-0.1, -0.05) is 137 Å². The summed E-state index contributed by atoms with van der Waals surface area (Å²) >= 11 is 74.6. The summed E-state index contributed by atoms with van der Waals surface area (Å²) in [5.41, 5.74) is 25.4. The Kier molecular flexibility index (Phi) is 67.4. The van der Waals surface area contributed by atoms with Crippen molar-refractivity contribution in [3.8, 4) is 5.75 Å². The number of nitrogens with one attached hydrogen (secondary N) is 2. The van der Waals surface area contributed by atoms with E-state index in [1.165, 1.54) is 50.9 Å². The number of aryl methyl sites for hydroxylation is 2. The molecule has 44 heteroatoms. The van der Waals surface area contributed by atoms with Gasteiger partial charge in [0, 0.05) is 36.1 Å². The number of rotatable bonds is 3. The fraction of sp³-hybridized carbons (Fsp3) is 0.208. The van der Waals surface area contributed by atoms with Gasteiger partial charge < -0.3 is 33.4 Å². The number of aromatic hydroxyl groups is 1. The maximum absolute atomic E-state index is 10.8. The molecular formula is C53H63BBr7Cl10FN15O7S3. The quantitative estimate of drug-likeness (QED) is 0.0268. The number of amides is 1. The van der Waals surface area contributed by atoms with Gasteiger partial charge in [0.15, 0.2) is 0 Å². The second kappa shape index (κ2) is 62.1. The number of aromatic nitrogens is 8. The van der Waals surface area contributed by atoms with Crippen LogP contribution in [0.15, 0.2) is 135 Å². The molecule has 0 aromatic carbocycles. The van der Waals surface area contributed by atoms with Crippen LogP contribution < -0.4 is 33.0 Å². The van der Waals surface area contributed by atoms with Gasteiger partial charge in [-0.15, -0.1) is 0 Å². The average Bonchev–Trinajstić information content (AvgIpc) is 0.922. The van der Waals surface area contributed by atoms with Crippen molar-refractivity contribution in [2.24, 2.45) is 4.30 Å². The van der Waals surface area contributed by atoms with E-state index in [0.29, 0.717) is 84.6 Å². The first-order valence-corrected chi connectivity index (χ1v) is 38.1. The molecule has 0 spiro atoms. The van der Waals surface area contributed by atoms with Crippen LogP contribution in [0.4, 0.5) is 38.8 Å². The Morgan fingerprint density at radius 3 is 1.26 bits per heavy atom. The van der Waals surface area contributed by atoms with Gasteiger partial charge in [0.25, 0.3) is 0 Å². The Bertz CT molecular complexity index is 3560. The molecule has 0 aliphatic heterocycles. The summed E-state index contributed by atoms with van der Waals surface area (Å²) in [6.07, 6.45) is 10.9. The molecule has 0 aliphatic carbocycles. The zero-order valence-corrected chi connectivity index (χ0v) is 70.8. The number of nitrogen functional groups attached to an aromatic ring is 4. The van der Waals surface area contributed by atoms with Gasteiger partial charge in [0.2, 0.25) is 30.2 Å². The molecule has 539 valence electrons. The van der Waals surface area contributed by atoms with E-state index in [-0.39, 0.29) is 31.8 Å². The number of carbonyl (C=O) groups excluding carboxylic acids is 2. The molecule has 0 aliphatic rings. The normalized spacial score (nSPS) is 9.27. The summed E-state index contributed by atoms with van der Waals surface area (Å²) in [4.78, 5) is 50.0. The van der Waals surface area contributed by atoms with Crippen molar-refractivity contribution in [1.29, 1.82) is 0 Å². The maximum atomic E-state index is 10.8. The summed E-state index contributed by atoms with van der Waals surface area (Å²) < 4.78 is 65.3. The molecule has 0 atom stereocenters. The molecular weight excluding hydrogens is 2000 g/mol. The second-order valence-corrected chi connectivity index (χ2v) is 30.3.